The number of carbonyl (C=O) groups is 1. The van der Waals surface area contributed by atoms with Crippen molar-refractivity contribution in [2.24, 2.45) is 7.05 Å². The standard InChI is InChI=1S/C15H18BrN3O3S/c1-18-14(12-4-3-10(16)9-13(12)17-18)15(20)19-7-5-11(6-8-19)23(2,21)22/h3-4,9,11H,5-8H2,1-2H3. The van der Waals surface area contributed by atoms with Crippen molar-refractivity contribution < 1.29 is 13.2 Å². The minimum Gasteiger partial charge on any atom is -0.337 e. The van der Waals surface area contributed by atoms with Crippen molar-refractivity contribution in [2.75, 3.05) is 19.3 Å². The Hall–Kier alpha value is -1.41. The molecule has 2 aromatic rings. The van der Waals surface area contributed by atoms with Gasteiger partial charge in [-0.05, 0) is 31.0 Å². The number of hydrogen-bond acceptors (Lipinski definition) is 4. The van der Waals surface area contributed by atoms with Crippen LogP contribution in [0, 0.1) is 0 Å². The summed E-state index contributed by atoms with van der Waals surface area (Å²) in [6.07, 6.45) is 2.25. The molecule has 0 spiro atoms. The number of hydrogen-bond donors (Lipinski definition) is 0. The van der Waals surface area contributed by atoms with Crippen molar-refractivity contribution in [1.82, 2.24) is 14.7 Å². The van der Waals surface area contributed by atoms with E-state index in [9.17, 15) is 13.2 Å². The van der Waals surface area contributed by atoms with Crippen LogP contribution in [0.2, 0.25) is 0 Å². The van der Waals surface area contributed by atoms with Crippen LogP contribution in [0.15, 0.2) is 22.7 Å². The third-order valence-electron chi connectivity index (χ3n) is 4.33. The zero-order chi connectivity index (χ0) is 16.8. The van der Waals surface area contributed by atoms with Gasteiger partial charge in [-0.2, -0.15) is 5.10 Å². The van der Waals surface area contributed by atoms with Gasteiger partial charge in [-0.1, -0.05) is 15.9 Å². The maximum Gasteiger partial charge on any atom is 0.272 e. The van der Waals surface area contributed by atoms with E-state index in [0.717, 1.165) is 15.4 Å². The van der Waals surface area contributed by atoms with Crippen molar-refractivity contribution >= 4 is 42.6 Å². The van der Waals surface area contributed by atoms with Gasteiger partial charge in [0, 0.05) is 36.3 Å². The quantitative estimate of drug-likeness (QED) is 0.773. The maximum absolute atomic E-state index is 12.8. The summed E-state index contributed by atoms with van der Waals surface area (Å²) in [5.74, 6) is -0.0933. The SMILES string of the molecule is Cn1nc2cc(Br)ccc2c1C(=O)N1CCC(S(C)(=O)=O)CC1. The second-order valence-electron chi connectivity index (χ2n) is 5.95. The van der Waals surface area contributed by atoms with Gasteiger partial charge < -0.3 is 4.90 Å². The fourth-order valence-electron chi connectivity index (χ4n) is 3.06. The highest BCUT2D eigenvalue weighted by Crippen LogP contribution is 2.25. The van der Waals surface area contributed by atoms with E-state index < -0.39 is 9.84 Å². The Balaban J connectivity index is 1.86. The molecule has 0 N–H and O–H groups in total. The van der Waals surface area contributed by atoms with Crippen LogP contribution in [0.4, 0.5) is 0 Å². The van der Waals surface area contributed by atoms with Crippen LogP contribution in [0.25, 0.3) is 10.9 Å². The number of amides is 1. The number of rotatable bonds is 2. The molecule has 0 atom stereocenters. The molecule has 1 aliphatic heterocycles. The summed E-state index contributed by atoms with van der Waals surface area (Å²) in [6.45, 7) is 0.916. The molecule has 1 amide bonds. The highest BCUT2D eigenvalue weighted by molar-refractivity contribution is 9.10. The zero-order valence-electron chi connectivity index (χ0n) is 13.0. The first kappa shape index (κ1) is 16.4. The number of aromatic nitrogens is 2. The van der Waals surface area contributed by atoms with E-state index in [1.807, 2.05) is 18.2 Å². The van der Waals surface area contributed by atoms with E-state index in [1.165, 1.54) is 6.26 Å². The molecule has 2 heterocycles. The van der Waals surface area contributed by atoms with Crippen LogP contribution in [-0.2, 0) is 16.9 Å². The second-order valence-corrected chi connectivity index (χ2v) is 9.20. The van der Waals surface area contributed by atoms with Crippen LogP contribution < -0.4 is 0 Å². The lowest BCUT2D eigenvalue weighted by molar-refractivity contribution is 0.0716. The molecule has 1 saturated heterocycles. The second kappa shape index (κ2) is 5.90. The Labute approximate surface area is 143 Å². The topological polar surface area (TPSA) is 72.3 Å². The van der Waals surface area contributed by atoms with Gasteiger partial charge in [0.05, 0.1) is 10.8 Å². The summed E-state index contributed by atoms with van der Waals surface area (Å²) in [5, 5.41) is 4.86. The fraction of sp³-hybridized carbons (Fsp3) is 0.467. The zero-order valence-corrected chi connectivity index (χ0v) is 15.4. The third-order valence-corrected chi connectivity index (χ3v) is 6.51. The Morgan fingerprint density at radius 2 is 1.96 bits per heavy atom. The minimum absolute atomic E-state index is 0.0933. The maximum atomic E-state index is 12.8. The Bertz CT molecular complexity index is 867. The molecule has 3 rings (SSSR count). The van der Waals surface area contributed by atoms with E-state index >= 15 is 0 Å². The highest BCUT2D eigenvalue weighted by Gasteiger charge is 2.30. The number of aryl methyl sites for hydroxylation is 1. The summed E-state index contributed by atoms with van der Waals surface area (Å²) in [6, 6.07) is 5.64. The van der Waals surface area contributed by atoms with Gasteiger partial charge in [0.1, 0.15) is 15.5 Å². The number of likely N-dealkylation sites (tertiary alicyclic amines) is 1. The summed E-state index contributed by atoms with van der Waals surface area (Å²) in [4.78, 5) is 14.6. The molecule has 1 fully saturated rings. The van der Waals surface area contributed by atoms with E-state index in [4.69, 9.17) is 0 Å². The van der Waals surface area contributed by atoms with Crippen LogP contribution in [0.1, 0.15) is 23.3 Å². The van der Waals surface area contributed by atoms with Gasteiger partial charge in [-0.25, -0.2) is 8.42 Å². The predicted octanol–water partition coefficient (Wildman–Crippen LogP) is 1.99. The van der Waals surface area contributed by atoms with E-state index in [2.05, 4.69) is 21.0 Å². The average molecular weight is 400 g/mol. The first-order chi connectivity index (χ1) is 10.8. The van der Waals surface area contributed by atoms with Crippen molar-refractivity contribution in [3.05, 3.63) is 28.4 Å². The molecule has 6 nitrogen and oxygen atoms in total. The molecule has 1 aromatic carbocycles. The molecular weight excluding hydrogens is 382 g/mol. The molecule has 1 aliphatic rings. The fourth-order valence-corrected chi connectivity index (χ4v) is 4.48. The van der Waals surface area contributed by atoms with Crippen LogP contribution in [-0.4, -0.2) is 53.6 Å². The van der Waals surface area contributed by atoms with Gasteiger partial charge in [-0.15, -0.1) is 0 Å². The molecule has 23 heavy (non-hydrogen) atoms. The Morgan fingerprint density at radius 3 is 2.57 bits per heavy atom. The van der Waals surface area contributed by atoms with E-state index in [-0.39, 0.29) is 11.2 Å². The molecular formula is C15H18BrN3O3S. The van der Waals surface area contributed by atoms with Crippen LogP contribution in [0.5, 0.6) is 0 Å². The number of sulfone groups is 1. The molecule has 0 saturated carbocycles. The van der Waals surface area contributed by atoms with Crippen molar-refractivity contribution in [3.63, 3.8) is 0 Å². The monoisotopic (exact) mass is 399 g/mol. The normalized spacial score (nSPS) is 16.9. The number of halogens is 1. The smallest absolute Gasteiger partial charge is 0.272 e. The number of carbonyl (C=O) groups excluding carboxylic acids is 1. The summed E-state index contributed by atoms with van der Waals surface area (Å²) >= 11 is 3.40. The minimum atomic E-state index is -3.04. The van der Waals surface area contributed by atoms with Crippen molar-refractivity contribution in [1.29, 1.82) is 0 Å². The summed E-state index contributed by atoms with van der Waals surface area (Å²) in [5.41, 5.74) is 1.31. The molecule has 8 heteroatoms. The average Bonchev–Trinajstić information content (AvgIpc) is 2.80. The molecule has 0 unspecified atom stereocenters. The molecule has 1 aromatic heterocycles. The first-order valence-corrected chi connectivity index (χ1v) is 10.1. The van der Waals surface area contributed by atoms with Gasteiger partial charge in [0.25, 0.3) is 5.91 Å². The number of nitrogens with zero attached hydrogens (tertiary/aromatic N) is 3. The lowest BCUT2D eigenvalue weighted by atomic mass is 10.1. The van der Waals surface area contributed by atoms with E-state index in [0.29, 0.717) is 31.6 Å². The Morgan fingerprint density at radius 1 is 1.30 bits per heavy atom. The van der Waals surface area contributed by atoms with Gasteiger partial charge in [-0.3, -0.25) is 9.48 Å². The van der Waals surface area contributed by atoms with Crippen LogP contribution >= 0.6 is 15.9 Å². The lowest BCUT2D eigenvalue weighted by Crippen LogP contribution is -2.42. The largest absolute Gasteiger partial charge is 0.337 e. The van der Waals surface area contributed by atoms with Crippen molar-refractivity contribution in [2.45, 2.75) is 18.1 Å². The predicted molar refractivity (Wildman–Crippen MR) is 92.2 cm³/mol. The molecule has 0 radical (unpaired) electrons. The molecule has 0 aliphatic carbocycles. The Kier molecular flexibility index (Phi) is 4.22. The number of piperidine rings is 1. The summed E-state index contributed by atoms with van der Waals surface area (Å²) in [7, 11) is -1.28. The van der Waals surface area contributed by atoms with Crippen LogP contribution in [0.3, 0.4) is 0 Å². The van der Waals surface area contributed by atoms with E-state index in [1.54, 1.807) is 16.6 Å². The highest BCUT2D eigenvalue weighted by atomic mass is 79.9. The van der Waals surface area contributed by atoms with Gasteiger partial charge in [0.15, 0.2) is 0 Å². The summed E-state index contributed by atoms with van der Waals surface area (Å²) < 4.78 is 25.8. The van der Waals surface area contributed by atoms with Gasteiger partial charge in [0.2, 0.25) is 0 Å². The molecule has 0 bridgehead atoms. The third kappa shape index (κ3) is 3.14. The van der Waals surface area contributed by atoms with Crippen molar-refractivity contribution in [3.8, 4) is 0 Å². The first-order valence-electron chi connectivity index (χ1n) is 7.38. The molecule has 124 valence electrons. The number of fused-ring (bicyclic) bond motifs is 1. The van der Waals surface area contributed by atoms with Gasteiger partial charge >= 0.3 is 0 Å². The lowest BCUT2D eigenvalue weighted by Gasteiger charge is -2.31. The number of benzene rings is 1.